The zero-order valence-corrected chi connectivity index (χ0v) is 12.1. The predicted molar refractivity (Wildman–Crippen MR) is 86.6 cm³/mol. The SMILES string of the molecule is C=CC(=O)OCC(O)Cn1c2ccccc2c2ccccc21. The van der Waals surface area contributed by atoms with Gasteiger partial charge in [0.25, 0.3) is 0 Å². The zero-order valence-electron chi connectivity index (χ0n) is 12.1. The molecular weight excluding hydrogens is 278 g/mol. The number of nitrogens with zero attached hydrogens (tertiary/aromatic N) is 1. The predicted octanol–water partition coefficient (Wildman–Crippen LogP) is 2.88. The van der Waals surface area contributed by atoms with Crippen molar-refractivity contribution in [1.29, 1.82) is 0 Å². The monoisotopic (exact) mass is 295 g/mol. The molecule has 1 N–H and O–H groups in total. The minimum Gasteiger partial charge on any atom is -0.460 e. The summed E-state index contributed by atoms with van der Waals surface area (Å²) < 4.78 is 6.96. The Balaban J connectivity index is 1.95. The summed E-state index contributed by atoms with van der Waals surface area (Å²) in [6.45, 7) is 3.64. The quantitative estimate of drug-likeness (QED) is 0.581. The van der Waals surface area contributed by atoms with Crippen LogP contribution in [-0.2, 0) is 16.1 Å². The van der Waals surface area contributed by atoms with Gasteiger partial charge in [-0.3, -0.25) is 0 Å². The fourth-order valence-electron chi connectivity index (χ4n) is 2.70. The van der Waals surface area contributed by atoms with Gasteiger partial charge in [-0.2, -0.15) is 0 Å². The van der Waals surface area contributed by atoms with E-state index in [2.05, 4.69) is 23.3 Å². The smallest absolute Gasteiger partial charge is 0.330 e. The number of carbonyl (C=O) groups is 1. The van der Waals surface area contributed by atoms with Gasteiger partial charge in [0, 0.05) is 27.9 Å². The summed E-state index contributed by atoms with van der Waals surface area (Å²) in [5.74, 6) is -0.527. The van der Waals surface area contributed by atoms with E-state index in [1.807, 2.05) is 36.4 Å². The van der Waals surface area contributed by atoms with E-state index in [1.165, 1.54) is 0 Å². The number of aliphatic hydroxyl groups excluding tert-OH is 1. The highest BCUT2D eigenvalue weighted by atomic mass is 16.5. The number of hydrogen-bond donors (Lipinski definition) is 1. The van der Waals surface area contributed by atoms with Gasteiger partial charge in [0.05, 0.1) is 6.54 Å². The number of aliphatic hydroxyl groups is 1. The lowest BCUT2D eigenvalue weighted by Crippen LogP contribution is -2.23. The average molecular weight is 295 g/mol. The van der Waals surface area contributed by atoms with Crippen LogP contribution in [0.25, 0.3) is 21.8 Å². The Kier molecular flexibility index (Phi) is 3.94. The lowest BCUT2D eigenvalue weighted by molar-refractivity contribution is -0.140. The highest BCUT2D eigenvalue weighted by Crippen LogP contribution is 2.28. The maximum absolute atomic E-state index is 11.1. The van der Waals surface area contributed by atoms with Gasteiger partial charge in [0.15, 0.2) is 0 Å². The maximum atomic E-state index is 11.1. The number of carbonyl (C=O) groups excluding carboxylic acids is 1. The molecule has 0 saturated carbocycles. The third-order valence-corrected chi connectivity index (χ3v) is 3.66. The van der Waals surface area contributed by atoms with Crippen LogP contribution >= 0.6 is 0 Å². The van der Waals surface area contributed by atoms with Crippen LogP contribution in [-0.4, -0.2) is 28.4 Å². The third kappa shape index (κ3) is 2.61. The van der Waals surface area contributed by atoms with Gasteiger partial charge in [0.1, 0.15) is 12.7 Å². The molecule has 0 aliphatic heterocycles. The number of hydrogen-bond acceptors (Lipinski definition) is 3. The molecule has 0 bridgehead atoms. The molecule has 3 rings (SSSR count). The Morgan fingerprint density at radius 3 is 2.23 bits per heavy atom. The Morgan fingerprint density at radius 2 is 1.68 bits per heavy atom. The lowest BCUT2D eigenvalue weighted by Gasteiger charge is -2.13. The van der Waals surface area contributed by atoms with Crippen LogP contribution in [0.1, 0.15) is 0 Å². The van der Waals surface area contributed by atoms with E-state index in [4.69, 9.17) is 4.74 Å². The Hall–Kier alpha value is -2.59. The first kappa shape index (κ1) is 14.4. The fraction of sp³-hybridized carbons (Fsp3) is 0.167. The summed E-state index contributed by atoms with van der Waals surface area (Å²) in [7, 11) is 0. The molecule has 0 saturated heterocycles. The highest BCUT2D eigenvalue weighted by Gasteiger charge is 2.14. The molecule has 1 unspecified atom stereocenters. The van der Waals surface area contributed by atoms with Gasteiger partial charge in [0.2, 0.25) is 0 Å². The van der Waals surface area contributed by atoms with E-state index < -0.39 is 12.1 Å². The maximum Gasteiger partial charge on any atom is 0.330 e. The van der Waals surface area contributed by atoms with Crippen molar-refractivity contribution >= 4 is 27.8 Å². The summed E-state index contributed by atoms with van der Waals surface area (Å²) in [5, 5.41) is 12.4. The number of para-hydroxylation sites is 2. The summed E-state index contributed by atoms with van der Waals surface area (Å²) >= 11 is 0. The van der Waals surface area contributed by atoms with E-state index in [1.54, 1.807) is 0 Å². The molecule has 0 radical (unpaired) electrons. The normalized spacial score (nSPS) is 12.4. The van der Waals surface area contributed by atoms with Gasteiger partial charge in [-0.1, -0.05) is 43.0 Å². The second kappa shape index (κ2) is 6.03. The molecule has 112 valence electrons. The first-order valence-corrected chi connectivity index (χ1v) is 7.14. The number of esters is 1. The van der Waals surface area contributed by atoms with Crippen molar-refractivity contribution < 1.29 is 14.6 Å². The first-order chi connectivity index (χ1) is 10.7. The van der Waals surface area contributed by atoms with Crippen molar-refractivity contribution in [3.05, 3.63) is 61.2 Å². The Labute approximate surface area is 128 Å². The summed E-state index contributed by atoms with van der Waals surface area (Å²) in [6.07, 6.45) is 0.316. The zero-order chi connectivity index (χ0) is 15.5. The van der Waals surface area contributed by atoms with Crippen molar-refractivity contribution in [3.63, 3.8) is 0 Å². The Bertz CT molecular complexity index is 781. The Morgan fingerprint density at radius 1 is 1.14 bits per heavy atom. The van der Waals surface area contributed by atoms with Gasteiger partial charge in [-0.25, -0.2) is 4.79 Å². The van der Waals surface area contributed by atoms with Gasteiger partial charge >= 0.3 is 5.97 Å². The van der Waals surface area contributed by atoms with Gasteiger partial charge < -0.3 is 14.4 Å². The number of ether oxygens (including phenoxy) is 1. The van der Waals surface area contributed by atoms with Crippen molar-refractivity contribution in [1.82, 2.24) is 4.57 Å². The molecule has 1 atom stereocenters. The lowest BCUT2D eigenvalue weighted by atomic mass is 10.2. The minimum atomic E-state index is -0.775. The summed E-state index contributed by atoms with van der Waals surface area (Å²) in [6, 6.07) is 16.1. The van der Waals surface area contributed by atoms with Crippen LogP contribution in [0.15, 0.2) is 61.2 Å². The molecule has 2 aromatic carbocycles. The first-order valence-electron chi connectivity index (χ1n) is 7.14. The van der Waals surface area contributed by atoms with Gasteiger partial charge in [-0.05, 0) is 12.1 Å². The topological polar surface area (TPSA) is 51.5 Å². The van der Waals surface area contributed by atoms with Crippen LogP contribution in [0.3, 0.4) is 0 Å². The largest absolute Gasteiger partial charge is 0.460 e. The minimum absolute atomic E-state index is 0.0499. The van der Waals surface area contributed by atoms with Crippen LogP contribution < -0.4 is 0 Å². The van der Waals surface area contributed by atoms with Crippen molar-refractivity contribution in [2.24, 2.45) is 0 Å². The van der Waals surface area contributed by atoms with Crippen molar-refractivity contribution in [2.75, 3.05) is 6.61 Å². The van der Waals surface area contributed by atoms with E-state index in [0.29, 0.717) is 6.54 Å². The summed E-state index contributed by atoms with van der Waals surface area (Å²) in [5.41, 5.74) is 2.11. The molecule has 0 aliphatic rings. The fourth-order valence-corrected chi connectivity index (χ4v) is 2.70. The molecule has 0 spiro atoms. The van der Waals surface area contributed by atoms with E-state index in [9.17, 15) is 9.90 Å². The van der Waals surface area contributed by atoms with Gasteiger partial charge in [-0.15, -0.1) is 0 Å². The second-order valence-corrected chi connectivity index (χ2v) is 5.13. The standard InChI is InChI=1S/C18H17NO3/c1-2-18(21)22-12-13(20)11-19-16-9-5-3-7-14(16)15-8-4-6-10-17(15)19/h2-10,13,20H,1,11-12H2. The summed E-state index contributed by atoms with van der Waals surface area (Å²) in [4.78, 5) is 11.1. The number of benzene rings is 2. The van der Waals surface area contributed by atoms with E-state index in [0.717, 1.165) is 27.9 Å². The number of aromatic nitrogens is 1. The highest BCUT2D eigenvalue weighted by molar-refractivity contribution is 6.07. The van der Waals surface area contributed by atoms with Crippen molar-refractivity contribution in [2.45, 2.75) is 12.6 Å². The molecule has 0 fully saturated rings. The third-order valence-electron chi connectivity index (χ3n) is 3.66. The molecular formula is C18H17NO3. The molecule has 22 heavy (non-hydrogen) atoms. The van der Waals surface area contributed by atoms with Crippen LogP contribution in [0, 0.1) is 0 Å². The molecule has 1 aromatic heterocycles. The van der Waals surface area contributed by atoms with Crippen LogP contribution in [0.2, 0.25) is 0 Å². The number of fused-ring (bicyclic) bond motifs is 3. The molecule has 0 aliphatic carbocycles. The molecule has 1 heterocycles. The van der Waals surface area contributed by atoms with E-state index >= 15 is 0 Å². The van der Waals surface area contributed by atoms with Crippen LogP contribution in [0.4, 0.5) is 0 Å². The molecule has 4 heteroatoms. The number of rotatable bonds is 5. The molecule has 4 nitrogen and oxygen atoms in total. The average Bonchev–Trinajstić information content (AvgIpc) is 2.87. The second-order valence-electron chi connectivity index (χ2n) is 5.13. The van der Waals surface area contributed by atoms with E-state index in [-0.39, 0.29) is 6.61 Å². The van der Waals surface area contributed by atoms with Crippen LogP contribution in [0.5, 0.6) is 0 Å². The van der Waals surface area contributed by atoms with Crippen molar-refractivity contribution in [3.8, 4) is 0 Å². The molecule has 0 amide bonds. The molecule has 3 aromatic rings.